The number of anilines is 1. The van der Waals surface area contributed by atoms with Gasteiger partial charge in [0.25, 0.3) is 5.91 Å². The van der Waals surface area contributed by atoms with Crippen molar-refractivity contribution >= 4 is 11.7 Å². The van der Waals surface area contributed by atoms with Gasteiger partial charge in [-0.1, -0.05) is 6.92 Å². The molecule has 0 saturated heterocycles. The second kappa shape index (κ2) is 4.75. The summed E-state index contributed by atoms with van der Waals surface area (Å²) in [5.41, 5.74) is 0.313. The zero-order chi connectivity index (χ0) is 13.1. The first-order valence-corrected chi connectivity index (χ1v) is 5.48. The van der Waals surface area contributed by atoms with E-state index >= 15 is 0 Å². The van der Waals surface area contributed by atoms with E-state index in [-0.39, 0.29) is 11.6 Å². The minimum Gasteiger partial charge on any atom is -0.456 e. The Hall–Kier alpha value is -2.55. The Morgan fingerprint density at radius 3 is 3.00 bits per heavy atom. The molecule has 6 heteroatoms. The smallest absolute Gasteiger partial charge is 0.292 e. The highest BCUT2D eigenvalue weighted by Gasteiger charge is 2.15. The molecule has 0 bridgehead atoms. The van der Waals surface area contributed by atoms with E-state index in [4.69, 9.17) is 9.68 Å². The SMILES string of the molecule is CCc1ccc(C(=O)Nc2nn(C)cc2C#N)o1. The lowest BCUT2D eigenvalue weighted by molar-refractivity contribution is 0.0994. The van der Waals surface area contributed by atoms with Crippen LogP contribution >= 0.6 is 0 Å². The van der Waals surface area contributed by atoms with E-state index in [1.807, 2.05) is 13.0 Å². The van der Waals surface area contributed by atoms with Crippen LogP contribution in [0.2, 0.25) is 0 Å². The summed E-state index contributed by atoms with van der Waals surface area (Å²) in [4.78, 5) is 11.9. The van der Waals surface area contributed by atoms with Gasteiger partial charge in [-0.15, -0.1) is 0 Å². The Morgan fingerprint density at radius 1 is 1.61 bits per heavy atom. The van der Waals surface area contributed by atoms with Gasteiger partial charge in [0.15, 0.2) is 11.6 Å². The van der Waals surface area contributed by atoms with Crippen LogP contribution in [0.3, 0.4) is 0 Å². The van der Waals surface area contributed by atoms with Crippen molar-refractivity contribution in [2.75, 3.05) is 5.32 Å². The number of aryl methyl sites for hydroxylation is 2. The second-order valence-electron chi connectivity index (χ2n) is 3.75. The van der Waals surface area contributed by atoms with Crippen LogP contribution in [0.15, 0.2) is 22.7 Å². The summed E-state index contributed by atoms with van der Waals surface area (Å²) in [6, 6.07) is 5.31. The molecule has 18 heavy (non-hydrogen) atoms. The monoisotopic (exact) mass is 244 g/mol. The van der Waals surface area contributed by atoms with Crippen LogP contribution in [0.25, 0.3) is 0 Å². The molecule has 2 aromatic rings. The minimum atomic E-state index is -0.412. The first-order chi connectivity index (χ1) is 8.63. The second-order valence-corrected chi connectivity index (χ2v) is 3.75. The van der Waals surface area contributed by atoms with Crippen LogP contribution in [-0.4, -0.2) is 15.7 Å². The molecule has 0 saturated carbocycles. The molecule has 1 amide bonds. The van der Waals surface area contributed by atoms with Gasteiger partial charge in [-0.3, -0.25) is 9.48 Å². The average molecular weight is 244 g/mol. The largest absolute Gasteiger partial charge is 0.456 e. The van der Waals surface area contributed by atoms with E-state index in [1.54, 1.807) is 19.2 Å². The van der Waals surface area contributed by atoms with Gasteiger partial charge in [0.1, 0.15) is 17.4 Å². The first-order valence-electron chi connectivity index (χ1n) is 5.48. The molecule has 0 fully saturated rings. The van der Waals surface area contributed by atoms with Gasteiger partial charge in [0.2, 0.25) is 0 Å². The van der Waals surface area contributed by atoms with Gasteiger partial charge in [0, 0.05) is 19.7 Å². The maximum Gasteiger partial charge on any atom is 0.292 e. The zero-order valence-electron chi connectivity index (χ0n) is 10.1. The molecule has 0 aliphatic rings. The fraction of sp³-hybridized carbons (Fsp3) is 0.250. The average Bonchev–Trinajstić information content (AvgIpc) is 2.95. The van der Waals surface area contributed by atoms with Crippen LogP contribution in [-0.2, 0) is 13.5 Å². The van der Waals surface area contributed by atoms with Gasteiger partial charge in [-0.2, -0.15) is 10.4 Å². The molecule has 2 aromatic heterocycles. The first kappa shape index (κ1) is 11.9. The normalized spacial score (nSPS) is 10.1. The predicted molar refractivity (Wildman–Crippen MR) is 64.0 cm³/mol. The molecule has 0 aliphatic carbocycles. The lowest BCUT2D eigenvalue weighted by atomic mass is 10.3. The number of hydrogen-bond acceptors (Lipinski definition) is 4. The number of carbonyl (C=O) groups is 1. The molecule has 0 radical (unpaired) electrons. The number of nitrogens with zero attached hydrogens (tertiary/aromatic N) is 3. The number of rotatable bonds is 3. The Morgan fingerprint density at radius 2 is 2.39 bits per heavy atom. The molecule has 0 atom stereocenters. The van der Waals surface area contributed by atoms with E-state index in [1.165, 1.54) is 10.9 Å². The number of hydrogen-bond donors (Lipinski definition) is 1. The Labute approximate surface area is 104 Å². The molecule has 0 spiro atoms. The molecule has 1 N–H and O–H groups in total. The molecule has 92 valence electrons. The van der Waals surface area contributed by atoms with Crippen LogP contribution in [0.1, 0.15) is 28.8 Å². The Bertz CT molecular complexity index is 618. The Balaban J connectivity index is 2.18. The maximum atomic E-state index is 11.9. The molecular formula is C12H12N4O2. The lowest BCUT2D eigenvalue weighted by Crippen LogP contribution is -2.12. The fourth-order valence-corrected chi connectivity index (χ4v) is 1.52. The van der Waals surface area contributed by atoms with Crippen molar-refractivity contribution in [3.05, 3.63) is 35.4 Å². The standard InChI is InChI=1S/C12H12N4O2/c1-3-9-4-5-10(18-9)12(17)14-11-8(6-13)7-16(2)15-11/h4-5,7H,3H2,1-2H3,(H,14,15,17). The quantitative estimate of drug-likeness (QED) is 0.890. The van der Waals surface area contributed by atoms with Gasteiger partial charge in [0.05, 0.1) is 0 Å². The summed E-state index contributed by atoms with van der Waals surface area (Å²) in [6.07, 6.45) is 2.26. The van der Waals surface area contributed by atoms with Gasteiger partial charge in [-0.05, 0) is 12.1 Å². The van der Waals surface area contributed by atoms with E-state index in [0.717, 1.165) is 12.2 Å². The highest BCUT2D eigenvalue weighted by atomic mass is 16.3. The topological polar surface area (TPSA) is 83.9 Å². The van der Waals surface area contributed by atoms with Crippen LogP contribution in [0.5, 0.6) is 0 Å². The molecule has 6 nitrogen and oxygen atoms in total. The minimum absolute atomic E-state index is 0.210. The summed E-state index contributed by atoms with van der Waals surface area (Å²) in [6.45, 7) is 1.94. The van der Waals surface area contributed by atoms with Gasteiger partial charge in [-0.25, -0.2) is 0 Å². The molecule has 2 heterocycles. The molecule has 2 rings (SSSR count). The summed E-state index contributed by atoms with van der Waals surface area (Å²) >= 11 is 0. The number of nitriles is 1. The summed E-state index contributed by atoms with van der Waals surface area (Å²) in [5.74, 6) is 0.771. The summed E-state index contributed by atoms with van der Waals surface area (Å²) in [5, 5.41) is 15.4. The number of nitrogens with one attached hydrogen (secondary N) is 1. The number of amides is 1. The van der Waals surface area contributed by atoms with Crippen molar-refractivity contribution in [1.29, 1.82) is 5.26 Å². The summed E-state index contributed by atoms with van der Waals surface area (Å²) < 4.78 is 6.78. The molecular weight excluding hydrogens is 232 g/mol. The van der Waals surface area contributed by atoms with Crippen LogP contribution < -0.4 is 5.32 Å². The maximum absolute atomic E-state index is 11.9. The lowest BCUT2D eigenvalue weighted by Gasteiger charge is -1.99. The van der Waals surface area contributed by atoms with E-state index in [2.05, 4.69) is 10.4 Å². The van der Waals surface area contributed by atoms with Gasteiger partial charge < -0.3 is 9.73 Å². The van der Waals surface area contributed by atoms with Gasteiger partial charge >= 0.3 is 0 Å². The van der Waals surface area contributed by atoms with Crippen molar-refractivity contribution in [1.82, 2.24) is 9.78 Å². The Kier molecular flexibility index (Phi) is 3.15. The van der Waals surface area contributed by atoms with Crippen LogP contribution in [0.4, 0.5) is 5.82 Å². The molecule has 0 aliphatic heterocycles. The van der Waals surface area contributed by atoms with Crippen molar-refractivity contribution in [3.63, 3.8) is 0 Å². The molecule has 0 unspecified atom stereocenters. The van der Waals surface area contributed by atoms with Crippen LogP contribution in [0, 0.1) is 11.3 Å². The zero-order valence-corrected chi connectivity index (χ0v) is 10.1. The third-order valence-corrected chi connectivity index (χ3v) is 2.42. The third kappa shape index (κ3) is 2.25. The van der Waals surface area contributed by atoms with Crippen molar-refractivity contribution in [3.8, 4) is 6.07 Å². The van der Waals surface area contributed by atoms with Crippen molar-refractivity contribution < 1.29 is 9.21 Å². The van der Waals surface area contributed by atoms with Crippen molar-refractivity contribution in [2.24, 2.45) is 7.05 Å². The van der Waals surface area contributed by atoms with E-state index in [0.29, 0.717) is 5.56 Å². The number of aromatic nitrogens is 2. The number of carbonyl (C=O) groups excluding carboxylic acids is 1. The highest BCUT2D eigenvalue weighted by Crippen LogP contribution is 2.14. The van der Waals surface area contributed by atoms with Crippen molar-refractivity contribution in [2.45, 2.75) is 13.3 Å². The number of furan rings is 1. The third-order valence-electron chi connectivity index (χ3n) is 2.42. The highest BCUT2D eigenvalue weighted by molar-refractivity contribution is 6.02. The molecule has 0 aromatic carbocycles. The summed E-state index contributed by atoms with van der Waals surface area (Å²) in [7, 11) is 1.68. The van der Waals surface area contributed by atoms with E-state index in [9.17, 15) is 4.79 Å². The predicted octanol–water partition coefficient (Wildman–Crippen LogP) is 1.70. The fourth-order valence-electron chi connectivity index (χ4n) is 1.52. The van der Waals surface area contributed by atoms with E-state index < -0.39 is 5.91 Å².